The number of hydrogen-bond donors (Lipinski definition) is 1. The van der Waals surface area contributed by atoms with Crippen LogP contribution >= 0.6 is 15.9 Å². The molecule has 1 aromatic heterocycles. The van der Waals surface area contributed by atoms with Crippen molar-refractivity contribution in [2.45, 2.75) is 13.8 Å². The Morgan fingerprint density at radius 1 is 1.38 bits per heavy atom. The summed E-state index contributed by atoms with van der Waals surface area (Å²) in [6.45, 7) is 3.79. The van der Waals surface area contributed by atoms with E-state index in [4.69, 9.17) is 4.42 Å². The van der Waals surface area contributed by atoms with Crippen LogP contribution in [0.1, 0.15) is 21.7 Å². The minimum Gasteiger partial charge on any atom is -0.461 e. The highest BCUT2D eigenvalue weighted by Gasteiger charge is 2.17. The van der Waals surface area contributed by atoms with Crippen LogP contribution in [0, 0.1) is 13.8 Å². The second-order valence-corrected chi connectivity index (χ2v) is 4.56. The zero-order valence-corrected chi connectivity index (χ0v) is 10.9. The van der Waals surface area contributed by atoms with Crippen molar-refractivity contribution in [1.29, 1.82) is 0 Å². The summed E-state index contributed by atoms with van der Waals surface area (Å²) in [6, 6.07) is 3.85. The van der Waals surface area contributed by atoms with Crippen LogP contribution in [0.2, 0.25) is 0 Å². The quantitative estimate of drug-likeness (QED) is 0.872. The van der Waals surface area contributed by atoms with Gasteiger partial charge in [0.15, 0.2) is 0 Å². The highest BCUT2D eigenvalue weighted by atomic mass is 79.9. The van der Waals surface area contributed by atoms with Crippen LogP contribution in [-0.2, 0) is 0 Å². The zero-order valence-electron chi connectivity index (χ0n) is 9.35. The number of benzene rings is 1. The number of amides is 1. The van der Waals surface area contributed by atoms with Crippen molar-refractivity contribution in [2.75, 3.05) is 7.05 Å². The predicted octanol–water partition coefficient (Wildman–Crippen LogP) is 3.17. The van der Waals surface area contributed by atoms with Crippen LogP contribution in [0.15, 0.2) is 21.0 Å². The molecule has 0 radical (unpaired) electrons. The molecule has 0 unspecified atom stereocenters. The number of halogens is 1. The fourth-order valence-corrected chi connectivity index (χ4v) is 2.09. The number of aryl methyl sites for hydroxylation is 2. The number of hydrogen-bond acceptors (Lipinski definition) is 2. The van der Waals surface area contributed by atoms with Crippen molar-refractivity contribution in [1.82, 2.24) is 5.32 Å². The fourth-order valence-electron chi connectivity index (χ4n) is 1.75. The van der Waals surface area contributed by atoms with Crippen molar-refractivity contribution in [3.05, 3.63) is 33.5 Å². The molecule has 2 aromatic rings. The fraction of sp³-hybridized carbons (Fsp3) is 0.250. The summed E-state index contributed by atoms with van der Waals surface area (Å²) in [5, 5.41) is 3.46. The van der Waals surface area contributed by atoms with Gasteiger partial charge in [0.25, 0.3) is 5.91 Å². The van der Waals surface area contributed by atoms with Crippen molar-refractivity contribution < 1.29 is 9.21 Å². The average Bonchev–Trinajstić information content (AvgIpc) is 2.54. The molecule has 1 heterocycles. The first-order chi connectivity index (χ1) is 7.54. The van der Waals surface area contributed by atoms with Crippen molar-refractivity contribution in [2.24, 2.45) is 0 Å². The maximum Gasteiger partial charge on any atom is 0.255 e. The topological polar surface area (TPSA) is 42.2 Å². The molecule has 3 nitrogen and oxygen atoms in total. The maximum atomic E-state index is 11.7. The van der Waals surface area contributed by atoms with Crippen LogP contribution in [0.4, 0.5) is 0 Å². The first-order valence-corrected chi connectivity index (χ1v) is 5.75. The third-order valence-corrected chi connectivity index (χ3v) is 3.45. The van der Waals surface area contributed by atoms with E-state index in [2.05, 4.69) is 21.2 Å². The molecule has 4 heteroatoms. The second-order valence-electron chi connectivity index (χ2n) is 3.71. The van der Waals surface area contributed by atoms with Gasteiger partial charge in [-0.25, -0.2) is 0 Å². The Morgan fingerprint density at radius 3 is 2.69 bits per heavy atom. The van der Waals surface area contributed by atoms with E-state index in [1.54, 1.807) is 14.0 Å². The molecule has 2 rings (SSSR count). The Morgan fingerprint density at radius 2 is 2.06 bits per heavy atom. The summed E-state index contributed by atoms with van der Waals surface area (Å²) in [5.41, 5.74) is 2.44. The smallest absolute Gasteiger partial charge is 0.255 e. The van der Waals surface area contributed by atoms with Gasteiger partial charge in [0, 0.05) is 16.9 Å². The molecule has 16 heavy (non-hydrogen) atoms. The summed E-state index contributed by atoms with van der Waals surface area (Å²) in [6.07, 6.45) is 0. The largest absolute Gasteiger partial charge is 0.461 e. The Balaban J connectivity index is 2.79. The molecule has 0 aliphatic heterocycles. The Hall–Kier alpha value is -1.29. The van der Waals surface area contributed by atoms with Gasteiger partial charge in [0.1, 0.15) is 11.3 Å². The van der Waals surface area contributed by atoms with Crippen molar-refractivity contribution in [3.8, 4) is 0 Å². The summed E-state index contributed by atoms with van der Waals surface area (Å²) in [5.74, 6) is 0.527. The highest BCUT2D eigenvalue weighted by molar-refractivity contribution is 9.10. The molecule has 0 atom stereocenters. The molecule has 84 valence electrons. The van der Waals surface area contributed by atoms with Crippen molar-refractivity contribution in [3.63, 3.8) is 0 Å². The van der Waals surface area contributed by atoms with Gasteiger partial charge in [0.05, 0.1) is 5.56 Å². The second kappa shape index (κ2) is 3.94. The molecule has 0 saturated carbocycles. The summed E-state index contributed by atoms with van der Waals surface area (Å²) in [7, 11) is 1.61. The van der Waals surface area contributed by atoms with E-state index in [-0.39, 0.29) is 5.91 Å². The van der Waals surface area contributed by atoms with Gasteiger partial charge in [-0.1, -0.05) is 15.9 Å². The molecular weight excluding hydrogens is 270 g/mol. The first kappa shape index (κ1) is 11.2. The van der Waals surface area contributed by atoms with Gasteiger partial charge in [-0.15, -0.1) is 0 Å². The van der Waals surface area contributed by atoms with Gasteiger partial charge < -0.3 is 9.73 Å². The number of nitrogens with one attached hydrogen (secondary N) is 1. The average molecular weight is 282 g/mol. The number of carbonyl (C=O) groups is 1. The number of furan rings is 1. The van der Waals surface area contributed by atoms with Crippen LogP contribution in [0.5, 0.6) is 0 Å². The van der Waals surface area contributed by atoms with E-state index in [1.165, 1.54) is 0 Å². The van der Waals surface area contributed by atoms with E-state index in [9.17, 15) is 4.79 Å². The minimum atomic E-state index is -0.119. The van der Waals surface area contributed by atoms with E-state index in [0.29, 0.717) is 11.3 Å². The lowest BCUT2D eigenvalue weighted by Crippen LogP contribution is -2.18. The van der Waals surface area contributed by atoms with Crippen LogP contribution in [0.25, 0.3) is 11.0 Å². The first-order valence-electron chi connectivity index (χ1n) is 4.96. The lowest BCUT2D eigenvalue weighted by atomic mass is 10.1. The third-order valence-electron chi connectivity index (χ3n) is 2.60. The molecular formula is C12H12BrNO2. The summed E-state index contributed by atoms with van der Waals surface area (Å²) >= 11 is 3.46. The molecule has 0 saturated heterocycles. The Kier molecular flexibility index (Phi) is 2.76. The summed E-state index contributed by atoms with van der Waals surface area (Å²) < 4.78 is 6.55. The summed E-state index contributed by atoms with van der Waals surface area (Å²) in [4.78, 5) is 11.7. The molecule has 0 bridgehead atoms. The monoisotopic (exact) mass is 281 g/mol. The molecule has 1 amide bonds. The Labute approximate surface area is 102 Å². The molecule has 1 aromatic carbocycles. The lowest BCUT2D eigenvalue weighted by molar-refractivity contribution is 0.0963. The minimum absolute atomic E-state index is 0.119. The van der Waals surface area contributed by atoms with E-state index in [0.717, 1.165) is 21.0 Å². The van der Waals surface area contributed by atoms with Gasteiger partial charge in [-0.3, -0.25) is 4.79 Å². The number of rotatable bonds is 1. The van der Waals surface area contributed by atoms with Crippen LogP contribution in [-0.4, -0.2) is 13.0 Å². The number of fused-ring (bicyclic) bond motifs is 1. The number of carbonyl (C=O) groups excluding carboxylic acids is 1. The molecule has 0 aliphatic carbocycles. The Bertz CT molecular complexity index is 572. The molecule has 1 N–H and O–H groups in total. The van der Waals surface area contributed by atoms with E-state index < -0.39 is 0 Å². The highest BCUT2D eigenvalue weighted by Crippen LogP contribution is 2.30. The van der Waals surface area contributed by atoms with Gasteiger partial charge >= 0.3 is 0 Å². The van der Waals surface area contributed by atoms with E-state index in [1.807, 2.05) is 19.1 Å². The zero-order chi connectivity index (χ0) is 11.9. The van der Waals surface area contributed by atoms with Gasteiger partial charge in [0.2, 0.25) is 0 Å². The van der Waals surface area contributed by atoms with Crippen LogP contribution < -0.4 is 5.32 Å². The van der Waals surface area contributed by atoms with Gasteiger partial charge in [-0.05, 0) is 31.5 Å². The normalized spacial score (nSPS) is 10.8. The van der Waals surface area contributed by atoms with Gasteiger partial charge in [-0.2, -0.15) is 0 Å². The predicted molar refractivity (Wildman–Crippen MR) is 66.8 cm³/mol. The lowest BCUT2D eigenvalue weighted by Gasteiger charge is -1.99. The van der Waals surface area contributed by atoms with E-state index >= 15 is 0 Å². The van der Waals surface area contributed by atoms with Crippen molar-refractivity contribution >= 4 is 32.8 Å². The SMILES string of the molecule is CNC(=O)c1c(C)oc2cc(C)c(Br)cc12. The van der Waals surface area contributed by atoms with Crippen LogP contribution in [0.3, 0.4) is 0 Å². The third kappa shape index (κ3) is 1.63. The molecule has 0 spiro atoms. The molecule has 0 aliphatic rings. The molecule has 0 fully saturated rings. The maximum absolute atomic E-state index is 11.7. The standard InChI is InChI=1S/C12H12BrNO2/c1-6-4-10-8(5-9(6)13)11(7(2)16-10)12(15)14-3/h4-5H,1-3H3,(H,14,15).